The van der Waals surface area contributed by atoms with Crippen molar-refractivity contribution in [1.29, 1.82) is 0 Å². The van der Waals surface area contributed by atoms with Crippen molar-refractivity contribution in [2.75, 3.05) is 19.3 Å². The first-order valence-corrected chi connectivity index (χ1v) is 9.27. The predicted molar refractivity (Wildman–Crippen MR) is 92.8 cm³/mol. The smallest absolute Gasteiger partial charge is 0.191 e. The summed E-state index contributed by atoms with van der Waals surface area (Å²) < 4.78 is 24.1. The van der Waals surface area contributed by atoms with Crippen LogP contribution in [0, 0.1) is 0 Å². The zero-order valence-electron chi connectivity index (χ0n) is 13.9. The number of nitrogens with zero attached hydrogens (tertiary/aromatic N) is 1. The van der Waals surface area contributed by atoms with Gasteiger partial charge in [-0.05, 0) is 32.8 Å². The number of hydrogen-bond acceptors (Lipinski definition) is 3. The molecule has 22 heavy (non-hydrogen) atoms. The summed E-state index contributed by atoms with van der Waals surface area (Å²) in [5.74, 6) is 0.956. The summed E-state index contributed by atoms with van der Waals surface area (Å²) in [6.07, 6.45) is 0.556. The van der Waals surface area contributed by atoms with Gasteiger partial charge in [0, 0.05) is 19.1 Å². The van der Waals surface area contributed by atoms with Crippen LogP contribution in [0.5, 0.6) is 0 Å². The number of hydrogen-bond donors (Lipinski definition) is 2. The minimum Gasteiger partial charge on any atom is -0.356 e. The fraction of sp³-hybridized carbons (Fsp3) is 0.562. The molecule has 0 aliphatic rings. The Morgan fingerprint density at radius 3 is 2.36 bits per heavy atom. The summed E-state index contributed by atoms with van der Waals surface area (Å²) in [6, 6.07) is 9.27. The Labute approximate surface area is 134 Å². The minimum atomic E-state index is -3.07. The third-order valence-corrected chi connectivity index (χ3v) is 4.55. The molecular formula is C16H27N3O2S. The average Bonchev–Trinajstić information content (AvgIpc) is 2.41. The molecule has 0 unspecified atom stereocenters. The van der Waals surface area contributed by atoms with Gasteiger partial charge in [-0.3, -0.25) is 4.99 Å². The highest BCUT2D eigenvalue weighted by molar-refractivity contribution is 7.90. The van der Waals surface area contributed by atoms with Crippen LogP contribution in [-0.4, -0.2) is 39.3 Å². The molecule has 2 N–H and O–H groups in total. The highest BCUT2D eigenvalue weighted by atomic mass is 32.2. The Morgan fingerprint density at radius 1 is 1.18 bits per heavy atom. The van der Waals surface area contributed by atoms with Crippen LogP contribution in [0.2, 0.25) is 0 Å². The molecule has 0 aromatic heterocycles. The van der Waals surface area contributed by atoms with Crippen LogP contribution in [0.25, 0.3) is 0 Å². The molecular weight excluding hydrogens is 298 g/mol. The molecule has 0 fully saturated rings. The molecule has 1 rings (SSSR count). The third kappa shape index (κ3) is 8.02. The molecule has 0 saturated heterocycles. The minimum absolute atomic E-state index is 0.0821. The number of guanidine groups is 1. The largest absolute Gasteiger partial charge is 0.356 e. The molecule has 1 aromatic rings. The highest BCUT2D eigenvalue weighted by Crippen LogP contribution is 2.07. The quantitative estimate of drug-likeness (QED) is 0.476. The summed E-state index contributed by atoms with van der Waals surface area (Å²) in [6.45, 7) is 6.71. The van der Waals surface area contributed by atoms with E-state index in [1.165, 1.54) is 0 Å². The number of aliphatic imine (C=N–C) groups is 1. The van der Waals surface area contributed by atoms with E-state index in [0.29, 0.717) is 18.9 Å². The van der Waals surface area contributed by atoms with Crippen LogP contribution in [0.15, 0.2) is 35.3 Å². The van der Waals surface area contributed by atoms with Crippen molar-refractivity contribution in [3.8, 4) is 0 Å². The first-order chi connectivity index (χ1) is 10.2. The first kappa shape index (κ1) is 18.5. The van der Waals surface area contributed by atoms with E-state index in [9.17, 15) is 8.42 Å². The molecule has 0 atom stereocenters. The van der Waals surface area contributed by atoms with Crippen LogP contribution in [0.3, 0.4) is 0 Å². The van der Waals surface area contributed by atoms with Gasteiger partial charge in [-0.25, -0.2) is 8.42 Å². The van der Waals surface area contributed by atoms with Crippen LogP contribution < -0.4 is 10.6 Å². The molecule has 5 nitrogen and oxygen atoms in total. The molecule has 1 aromatic carbocycles. The predicted octanol–water partition coefficient (Wildman–Crippen LogP) is 1.95. The van der Waals surface area contributed by atoms with Gasteiger partial charge >= 0.3 is 0 Å². The Morgan fingerprint density at radius 2 is 1.82 bits per heavy atom. The maximum atomic E-state index is 12.1. The molecule has 0 bridgehead atoms. The molecule has 0 aliphatic heterocycles. The van der Waals surface area contributed by atoms with E-state index >= 15 is 0 Å². The monoisotopic (exact) mass is 325 g/mol. The van der Waals surface area contributed by atoms with E-state index < -0.39 is 9.84 Å². The van der Waals surface area contributed by atoms with Gasteiger partial charge in [-0.15, -0.1) is 0 Å². The second kappa shape index (κ2) is 8.17. The molecule has 6 heteroatoms. The van der Waals surface area contributed by atoms with Gasteiger partial charge in [-0.1, -0.05) is 30.3 Å². The van der Waals surface area contributed by atoms with E-state index in [4.69, 9.17) is 0 Å². The number of sulfone groups is 1. The molecule has 0 aliphatic carbocycles. The van der Waals surface area contributed by atoms with Gasteiger partial charge in [0.2, 0.25) is 0 Å². The van der Waals surface area contributed by atoms with E-state index in [1.807, 2.05) is 51.1 Å². The summed E-state index contributed by atoms with van der Waals surface area (Å²) >= 11 is 0. The lowest BCUT2D eigenvalue weighted by atomic mass is 10.1. The Balaban J connectivity index is 2.37. The lowest BCUT2D eigenvalue weighted by Crippen LogP contribution is -2.47. The van der Waals surface area contributed by atoms with Crippen LogP contribution in [0.4, 0.5) is 0 Å². The number of nitrogens with one attached hydrogen (secondary N) is 2. The maximum absolute atomic E-state index is 12.1. The molecule has 0 radical (unpaired) electrons. The Hall–Kier alpha value is -1.56. The summed E-state index contributed by atoms with van der Waals surface area (Å²) in [5, 5.41) is 6.37. The third-order valence-electron chi connectivity index (χ3n) is 2.87. The second-order valence-corrected chi connectivity index (χ2v) is 8.49. The summed E-state index contributed by atoms with van der Waals surface area (Å²) in [5.41, 5.74) is 0.752. The van der Waals surface area contributed by atoms with E-state index in [-0.39, 0.29) is 17.0 Å². The van der Waals surface area contributed by atoms with Crippen molar-refractivity contribution in [2.45, 2.75) is 38.5 Å². The lowest BCUT2D eigenvalue weighted by molar-refractivity contribution is 0.501. The van der Waals surface area contributed by atoms with Gasteiger partial charge < -0.3 is 10.6 Å². The second-order valence-electron chi connectivity index (χ2n) is 6.31. The van der Waals surface area contributed by atoms with E-state index in [2.05, 4.69) is 15.6 Å². The van der Waals surface area contributed by atoms with Crippen molar-refractivity contribution in [2.24, 2.45) is 4.99 Å². The van der Waals surface area contributed by atoms with E-state index in [1.54, 1.807) is 7.05 Å². The molecule has 124 valence electrons. The zero-order chi connectivity index (χ0) is 16.6. The van der Waals surface area contributed by atoms with Gasteiger partial charge in [0.15, 0.2) is 15.8 Å². The summed E-state index contributed by atoms with van der Waals surface area (Å²) in [4.78, 5) is 4.12. The zero-order valence-corrected chi connectivity index (χ0v) is 14.7. The van der Waals surface area contributed by atoms with Crippen molar-refractivity contribution >= 4 is 15.8 Å². The lowest BCUT2D eigenvalue weighted by Gasteiger charge is -2.23. The Bertz CT molecular complexity index is 575. The van der Waals surface area contributed by atoms with Crippen molar-refractivity contribution in [3.63, 3.8) is 0 Å². The van der Waals surface area contributed by atoms with Crippen molar-refractivity contribution < 1.29 is 8.42 Å². The molecule has 0 saturated carbocycles. The van der Waals surface area contributed by atoms with Gasteiger partial charge in [0.25, 0.3) is 0 Å². The number of benzene rings is 1. The summed E-state index contributed by atoms with van der Waals surface area (Å²) in [7, 11) is -1.37. The molecule has 0 heterocycles. The molecule has 0 spiro atoms. The van der Waals surface area contributed by atoms with Crippen molar-refractivity contribution in [3.05, 3.63) is 35.9 Å². The van der Waals surface area contributed by atoms with Crippen LogP contribution in [0.1, 0.15) is 32.8 Å². The topological polar surface area (TPSA) is 70.6 Å². The number of rotatable bonds is 6. The Kier molecular flexibility index (Phi) is 6.87. The first-order valence-electron chi connectivity index (χ1n) is 7.45. The molecule has 0 amide bonds. The van der Waals surface area contributed by atoms with Crippen LogP contribution in [-0.2, 0) is 15.6 Å². The SMILES string of the molecule is CN=C(NCCCS(=O)(=O)Cc1ccccc1)NC(C)(C)C. The van der Waals surface area contributed by atoms with Gasteiger partial charge in [0.1, 0.15) is 0 Å². The fourth-order valence-electron chi connectivity index (χ4n) is 1.93. The fourth-order valence-corrected chi connectivity index (χ4v) is 3.36. The maximum Gasteiger partial charge on any atom is 0.191 e. The standard InChI is InChI=1S/C16H27N3O2S/c1-16(2,3)19-15(17-4)18-11-8-12-22(20,21)13-14-9-6-5-7-10-14/h5-7,9-10H,8,11-13H2,1-4H3,(H2,17,18,19). The van der Waals surface area contributed by atoms with Crippen LogP contribution >= 0.6 is 0 Å². The average molecular weight is 325 g/mol. The van der Waals surface area contributed by atoms with Gasteiger partial charge in [0.05, 0.1) is 11.5 Å². The van der Waals surface area contributed by atoms with Gasteiger partial charge in [-0.2, -0.15) is 0 Å². The van der Waals surface area contributed by atoms with Crippen molar-refractivity contribution in [1.82, 2.24) is 10.6 Å². The van der Waals surface area contributed by atoms with E-state index in [0.717, 1.165) is 5.56 Å². The normalized spacial score (nSPS) is 13.0. The highest BCUT2D eigenvalue weighted by Gasteiger charge is 2.13.